The fourth-order valence-electron chi connectivity index (χ4n) is 5.74. The lowest BCUT2D eigenvalue weighted by Gasteiger charge is -2.59. The normalized spacial score (nSPS) is 47.3. The van der Waals surface area contributed by atoms with Crippen LogP contribution < -0.4 is 0 Å². The number of non-ortho nitro benzene ring substituents is 1. The summed E-state index contributed by atoms with van der Waals surface area (Å²) in [5, 5.41) is 129. The highest BCUT2D eigenvalue weighted by Gasteiger charge is 2.71. The van der Waals surface area contributed by atoms with Crippen molar-refractivity contribution >= 4 is 5.69 Å². The third-order valence-corrected chi connectivity index (χ3v) is 8.30. The van der Waals surface area contributed by atoms with Crippen LogP contribution in [0.25, 0.3) is 0 Å². The van der Waals surface area contributed by atoms with E-state index in [-0.39, 0.29) is 11.3 Å². The van der Waals surface area contributed by atoms with Crippen molar-refractivity contribution in [2.75, 3.05) is 13.2 Å². The smallest absolute Gasteiger partial charge is 0.269 e. The van der Waals surface area contributed by atoms with Crippen LogP contribution in [0.5, 0.6) is 0 Å². The minimum atomic E-state index is -3.19. The lowest BCUT2D eigenvalue weighted by molar-refractivity contribution is -0.437. The molecule has 43 heavy (non-hydrogen) atoms. The Morgan fingerprint density at radius 2 is 1.42 bits per heavy atom. The van der Waals surface area contributed by atoms with E-state index in [0.717, 1.165) is 12.1 Å². The monoisotopic (exact) mass is 623 g/mol. The van der Waals surface area contributed by atoms with Gasteiger partial charge in [-0.05, 0) is 12.5 Å². The summed E-state index contributed by atoms with van der Waals surface area (Å²) in [5.41, 5.74) is -3.40. The average molecular weight is 624 g/mol. The Kier molecular flexibility index (Phi) is 10.1. The highest BCUT2D eigenvalue weighted by atomic mass is 16.7. The number of ether oxygens (including phenoxy) is 4. The van der Waals surface area contributed by atoms with Gasteiger partial charge in [0.25, 0.3) is 5.69 Å². The lowest BCUT2D eigenvalue weighted by Crippen LogP contribution is -2.82. The van der Waals surface area contributed by atoms with Crippen LogP contribution >= 0.6 is 0 Å². The van der Waals surface area contributed by atoms with Crippen LogP contribution in [0.2, 0.25) is 0 Å². The van der Waals surface area contributed by atoms with Crippen molar-refractivity contribution in [2.24, 2.45) is 0 Å². The number of aliphatic hydroxyl groups excluding tert-OH is 9. The Bertz CT molecular complexity index is 1110. The van der Waals surface area contributed by atoms with Crippen LogP contribution in [0, 0.1) is 10.1 Å². The second-order valence-corrected chi connectivity index (χ2v) is 11.0. The van der Waals surface area contributed by atoms with Gasteiger partial charge in [0, 0.05) is 18.6 Å². The molecule has 4 rings (SSSR count). The molecule has 0 bridgehead atoms. The molecule has 15 atom stereocenters. The summed E-state index contributed by atoms with van der Waals surface area (Å²) in [6, 6.07) is 4.58. The van der Waals surface area contributed by atoms with Crippen LogP contribution in [0.4, 0.5) is 5.69 Å². The number of nitrogens with zero attached hydrogens (tertiary/aromatic N) is 1. The molecule has 244 valence electrons. The van der Waals surface area contributed by atoms with Crippen molar-refractivity contribution in [3.8, 4) is 0 Å². The van der Waals surface area contributed by atoms with E-state index in [2.05, 4.69) is 0 Å². The summed E-state index contributed by atoms with van der Waals surface area (Å²) in [4.78, 5) is 10.4. The van der Waals surface area contributed by atoms with Crippen LogP contribution in [-0.4, -0.2) is 165 Å². The third-order valence-electron chi connectivity index (χ3n) is 8.30. The number of nitro benzene ring substituents is 1. The summed E-state index contributed by atoms with van der Waals surface area (Å²) in [6.07, 6.45) is -25.1. The largest absolute Gasteiger partial charge is 0.394 e. The molecule has 11 N–H and O–H groups in total. The lowest BCUT2D eigenvalue weighted by atomic mass is 9.70. The highest BCUT2D eigenvalue weighted by molar-refractivity contribution is 5.34. The minimum absolute atomic E-state index is 0.0997. The second-order valence-electron chi connectivity index (χ2n) is 11.0. The Morgan fingerprint density at radius 3 is 1.98 bits per heavy atom. The number of nitro groups is 1. The molecule has 0 aliphatic carbocycles. The van der Waals surface area contributed by atoms with Gasteiger partial charge in [-0.15, -0.1) is 0 Å². The van der Waals surface area contributed by atoms with Crippen molar-refractivity contribution < 1.29 is 80.0 Å². The predicted molar refractivity (Wildman–Crippen MR) is 136 cm³/mol. The van der Waals surface area contributed by atoms with Crippen molar-refractivity contribution in [1.29, 1.82) is 0 Å². The molecule has 18 heteroatoms. The molecule has 18 nitrogen and oxygen atoms in total. The SMILES string of the molecule is C[C@@H]1OC([C@@]2(O)[C@@H](O)[C@H](O[C@@H]3O[C@H](CO)[C@H](O)[C@H](O)[C@H]3O)[C@@H](CO)OC2(O)Cc2ccc([N+](=O)[O-])cc2)[C@@H](O)[C@H](O)[C@@H]1O. The fourth-order valence-corrected chi connectivity index (χ4v) is 5.74. The minimum Gasteiger partial charge on any atom is -0.394 e. The van der Waals surface area contributed by atoms with Crippen LogP contribution in [-0.2, 0) is 25.4 Å². The Labute approximate surface area is 243 Å². The Hall–Kier alpha value is -1.98. The fraction of sp³-hybridized carbons (Fsp3) is 0.760. The van der Waals surface area contributed by atoms with Gasteiger partial charge in [-0.2, -0.15) is 0 Å². The standard InChI is InChI=1S/C25H37NO17/c1-9-14(29)16(31)18(33)22(40-9)25(37)21(35)20(42-23-19(34)17(32)15(30)12(7-27)41-23)13(8-28)43-24(25,36)6-10-2-4-11(5-3-10)26(38)39/h2-5,9,12-23,27-37H,6-8H2,1H3/t9-,12+,13+,14+,15-,16+,17-,18-,19+,20+,21-,22?,23-,24?,25-/m0/s1. The molecule has 1 aromatic carbocycles. The first kappa shape index (κ1) is 33.9. The molecule has 0 saturated carbocycles. The Balaban J connectivity index is 1.76. The van der Waals surface area contributed by atoms with Gasteiger partial charge in [0.15, 0.2) is 11.9 Å². The molecular weight excluding hydrogens is 586 g/mol. The van der Waals surface area contributed by atoms with Gasteiger partial charge in [-0.25, -0.2) is 0 Å². The molecule has 0 aromatic heterocycles. The van der Waals surface area contributed by atoms with E-state index in [1.807, 2.05) is 0 Å². The van der Waals surface area contributed by atoms with E-state index in [9.17, 15) is 66.3 Å². The van der Waals surface area contributed by atoms with E-state index >= 15 is 0 Å². The van der Waals surface area contributed by atoms with E-state index in [4.69, 9.17) is 18.9 Å². The average Bonchev–Trinajstić information content (AvgIpc) is 2.98. The summed E-state index contributed by atoms with van der Waals surface area (Å²) in [7, 11) is 0. The molecule has 3 aliphatic heterocycles. The van der Waals surface area contributed by atoms with Crippen LogP contribution in [0.3, 0.4) is 0 Å². The third kappa shape index (κ3) is 5.90. The number of hydrogen-bond donors (Lipinski definition) is 11. The molecule has 1 aromatic rings. The second kappa shape index (κ2) is 12.8. The Morgan fingerprint density at radius 1 is 0.837 bits per heavy atom. The maximum absolute atomic E-state index is 12.1. The number of aliphatic hydroxyl groups is 11. The summed E-state index contributed by atoms with van der Waals surface area (Å²) in [6.45, 7) is -0.583. The molecule has 2 unspecified atom stereocenters. The first-order valence-corrected chi connectivity index (χ1v) is 13.4. The van der Waals surface area contributed by atoms with Gasteiger partial charge in [0.05, 0.1) is 24.2 Å². The van der Waals surface area contributed by atoms with E-state index in [0.29, 0.717) is 0 Å². The highest BCUT2D eigenvalue weighted by Crippen LogP contribution is 2.46. The van der Waals surface area contributed by atoms with Gasteiger partial charge >= 0.3 is 0 Å². The van der Waals surface area contributed by atoms with Crippen LogP contribution in [0.15, 0.2) is 24.3 Å². The topological polar surface area (TPSA) is 303 Å². The van der Waals surface area contributed by atoms with Gasteiger partial charge in [0.1, 0.15) is 67.1 Å². The summed E-state index contributed by atoms with van der Waals surface area (Å²) < 4.78 is 22.2. The predicted octanol–water partition coefficient (Wildman–Crippen LogP) is -5.64. The molecule has 3 saturated heterocycles. The molecule has 3 aliphatic rings. The van der Waals surface area contributed by atoms with E-state index in [1.165, 1.54) is 19.1 Å². The molecule has 0 spiro atoms. The maximum atomic E-state index is 12.1. The number of rotatable bonds is 8. The van der Waals surface area contributed by atoms with Crippen molar-refractivity contribution in [1.82, 2.24) is 0 Å². The van der Waals surface area contributed by atoms with Gasteiger partial charge in [-0.1, -0.05) is 12.1 Å². The molecule has 3 fully saturated rings. The number of benzene rings is 1. The van der Waals surface area contributed by atoms with Gasteiger partial charge < -0.3 is 75.1 Å². The quantitative estimate of drug-likeness (QED) is 0.0949. The summed E-state index contributed by atoms with van der Waals surface area (Å²) in [5.74, 6) is -3.00. The first-order valence-electron chi connectivity index (χ1n) is 13.4. The van der Waals surface area contributed by atoms with Gasteiger partial charge in [-0.3, -0.25) is 10.1 Å². The van der Waals surface area contributed by atoms with Gasteiger partial charge in [0.2, 0.25) is 5.79 Å². The molecule has 3 heterocycles. The van der Waals surface area contributed by atoms with Crippen molar-refractivity contribution in [3.63, 3.8) is 0 Å². The van der Waals surface area contributed by atoms with Crippen molar-refractivity contribution in [3.05, 3.63) is 39.9 Å². The molecule has 0 radical (unpaired) electrons. The molecule has 0 amide bonds. The number of hydrogen-bond acceptors (Lipinski definition) is 17. The zero-order chi connectivity index (χ0) is 32.0. The first-order chi connectivity index (χ1) is 20.1. The zero-order valence-electron chi connectivity index (χ0n) is 22.8. The van der Waals surface area contributed by atoms with E-state index < -0.39 is 115 Å². The van der Waals surface area contributed by atoms with Crippen molar-refractivity contribution in [2.45, 2.75) is 104 Å². The van der Waals surface area contributed by atoms with Crippen LogP contribution in [0.1, 0.15) is 12.5 Å². The summed E-state index contributed by atoms with van der Waals surface area (Å²) >= 11 is 0. The zero-order valence-corrected chi connectivity index (χ0v) is 22.8. The maximum Gasteiger partial charge on any atom is 0.269 e. The van der Waals surface area contributed by atoms with E-state index in [1.54, 1.807) is 0 Å². The molecular formula is C25H37NO17.